The second kappa shape index (κ2) is 8.46. The largest absolute Gasteiger partial charge is 0.357 e. The van der Waals surface area contributed by atoms with E-state index in [2.05, 4.69) is 41.6 Å². The van der Waals surface area contributed by atoms with Crippen LogP contribution in [0.1, 0.15) is 12.7 Å². The van der Waals surface area contributed by atoms with Gasteiger partial charge >= 0.3 is 0 Å². The minimum Gasteiger partial charge on any atom is -0.357 e. The van der Waals surface area contributed by atoms with Gasteiger partial charge in [-0.1, -0.05) is 0 Å². The highest BCUT2D eigenvalue weighted by Crippen LogP contribution is 2.09. The Labute approximate surface area is 148 Å². The zero-order chi connectivity index (χ0) is 17.5. The van der Waals surface area contributed by atoms with Gasteiger partial charge in [-0.15, -0.1) is 0 Å². The number of guanidine groups is 1. The molecule has 1 fully saturated rings. The average Bonchev–Trinajstić information content (AvgIpc) is 3.07. The van der Waals surface area contributed by atoms with Crippen molar-refractivity contribution in [3.05, 3.63) is 36.7 Å². The van der Waals surface area contributed by atoms with Crippen molar-refractivity contribution >= 4 is 11.9 Å². The summed E-state index contributed by atoms with van der Waals surface area (Å²) >= 11 is 0. The van der Waals surface area contributed by atoms with E-state index in [0.717, 1.165) is 63.5 Å². The van der Waals surface area contributed by atoms with Crippen LogP contribution in [-0.2, 0) is 6.54 Å². The predicted octanol–water partition coefficient (Wildman–Crippen LogP) is 0.769. The molecule has 0 amide bonds. The molecule has 0 aromatic carbocycles. The van der Waals surface area contributed by atoms with Gasteiger partial charge < -0.3 is 19.7 Å². The second-order valence-corrected chi connectivity index (χ2v) is 5.93. The second-order valence-electron chi connectivity index (χ2n) is 5.93. The zero-order valence-corrected chi connectivity index (χ0v) is 15.0. The summed E-state index contributed by atoms with van der Waals surface area (Å²) in [6.45, 7) is 10.2. The molecule has 2 aromatic heterocycles. The molecule has 0 bridgehead atoms. The maximum Gasteiger partial charge on any atom is 0.225 e. The minimum atomic E-state index is 0.738. The van der Waals surface area contributed by atoms with Gasteiger partial charge in [-0.05, 0) is 19.9 Å². The number of anilines is 1. The van der Waals surface area contributed by atoms with Crippen molar-refractivity contribution in [2.24, 2.45) is 4.99 Å². The Bertz CT molecular complexity index is 673. The van der Waals surface area contributed by atoms with Crippen LogP contribution in [0.3, 0.4) is 0 Å². The lowest BCUT2D eigenvalue weighted by Gasteiger charge is -2.36. The molecule has 1 aliphatic rings. The fourth-order valence-electron chi connectivity index (χ4n) is 2.90. The quantitative estimate of drug-likeness (QED) is 0.639. The van der Waals surface area contributed by atoms with Crippen LogP contribution < -0.4 is 10.2 Å². The Balaban J connectivity index is 1.56. The number of aromatic nitrogens is 4. The molecule has 25 heavy (non-hydrogen) atoms. The summed E-state index contributed by atoms with van der Waals surface area (Å²) in [5.74, 6) is 2.81. The third kappa shape index (κ3) is 4.46. The Morgan fingerprint density at radius 1 is 1.12 bits per heavy atom. The molecule has 3 rings (SSSR count). The molecule has 1 aliphatic heterocycles. The first-order valence-corrected chi connectivity index (χ1v) is 8.81. The highest BCUT2D eigenvalue weighted by atomic mass is 15.4. The highest BCUT2D eigenvalue weighted by molar-refractivity contribution is 5.80. The SMILES string of the molecule is CCNC(=NCCn1ccnc1C)N1CCN(c2ncccn2)CC1. The van der Waals surface area contributed by atoms with Crippen LogP contribution in [0, 0.1) is 6.92 Å². The fraction of sp³-hybridized carbons (Fsp3) is 0.529. The molecular formula is C17H26N8. The van der Waals surface area contributed by atoms with E-state index in [1.807, 2.05) is 25.4 Å². The number of imidazole rings is 1. The summed E-state index contributed by atoms with van der Waals surface area (Å²) in [6, 6.07) is 1.84. The standard InChI is InChI=1S/C17H26N8/c1-3-18-16(22-8-10-23-9-7-19-15(23)2)24-11-13-25(14-12-24)17-20-5-4-6-21-17/h4-7,9H,3,8,10-14H2,1-2H3,(H,18,22). The van der Waals surface area contributed by atoms with E-state index in [1.165, 1.54) is 0 Å². The number of aliphatic imine (C=N–C) groups is 1. The molecule has 3 heterocycles. The first kappa shape index (κ1) is 17.2. The predicted molar refractivity (Wildman–Crippen MR) is 98.8 cm³/mol. The maximum atomic E-state index is 4.78. The van der Waals surface area contributed by atoms with Gasteiger partial charge in [-0.25, -0.2) is 15.0 Å². The average molecular weight is 342 g/mol. The molecule has 8 nitrogen and oxygen atoms in total. The van der Waals surface area contributed by atoms with Gasteiger partial charge in [0, 0.05) is 64.1 Å². The zero-order valence-electron chi connectivity index (χ0n) is 15.0. The Hall–Kier alpha value is -2.64. The number of aryl methyl sites for hydroxylation is 1. The Morgan fingerprint density at radius 3 is 2.52 bits per heavy atom. The summed E-state index contributed by atoms with van der Waals surface area (Å²) in [6.07, 6.45) is 7.40. The van der Waals surface area contributed by atoms with Gasteiger partial charge in [0.05, 0.1) is 6.54 Å². The topological polar surface area (TPSA) is 74.5 Å². The summed E-state index contributed by atoms with van der Waals surface area (Å²) in [4.78, 5) is 22.2. The molecule has 0 radical (unpaired) electrons. The maximum absolute atomic E-state index is 4.78. The van der Waals surface area contributed by atoms with Crippen molar-refractivity contribution < 1.29 is 0 Å². The van der Waals surface area contributed by atoms with Crippen molar-refractivity contribution in [2.45, 2.75) is 20.4 Å². The fourth-order valence-corrected chi connectivity index (χ4v) is 2.90. The van der Waals surface area contributed by atoms with E-state index in [1.54, 1.807) is 12.4 Å². The van der Waals surface area contributed by atoms with Crippen molar-refractivity contribution in [2.75, 3.05) is 44.2 Å². The molecule has 1 saturated heterocycles. The lowest BCUT2D eigenvalue weighted by atomic mass is 10.3. The molecular weight excluding hydrogens is 316 g/mol. The van der Waals surface area contributed by atoms with Gasteiger partial charge in [0.2, 0.25) is 5.95 Å². The molecule has 8 heteroatoms. The van der Waals surface area contributed by atoms with E-state index in [9.17, 15) is 0 Å². The van der Waals surface area contributed by atoms with Crippen LogP contribution in [0.4, 0.5) is 5.95 Å². The molecule has 0 aliphatic carbocycles. The van der Waals surface area contributed by atoms with Gasteiger partial charge in [0.1, 0.15) is 5.82 Å². The monoisotopic (exact) mass is 342 g/mol. The van der Waals surface area contributed by atoms with Gasteiger partial charge in [-0.3, -0.25) is 4.99 Å². The van der Waals surface area contributed by atoms with Gasteiger partial charge in [0.15, 0.2) is 5.96 Å². The summed E-state index contributed by atoms with van der Waals surface area (Å²) < 4.78 is 2.12. The van der Waals surface area contributed by atoms with Crippen molar-refractivity contribution in [3.8, 4) is 0 Å². The molecule has 0 atom stereocenters. The van der Waals surface area contributed by atoms with Crippen LogP contribution in [0.5, 0.6) is 0 Å². The van der Waals surface area contributed by atoms with Crippen LogP contribution in [0.2, 0.25) is 0 Å². The van der Waals surface area contributed by atoms with Crippen LogP contribution in [0.25, 0.3) is 0 Å². The number of nitrogens with one attached hydrogen (secondary N) is 1. The van der Waals surface area contributed by atoms with Gasteiger partial charge in [0.25, 0.3) is 0 Å². The third-order valence-corrected chi connectivity index (χ3v) is 4.28. The molecule has 2 aromatic rings. The minimum absolute atomic E-state index is 0.738. The van der Waals surface area contributed by atoms with E-state index in [4.69, 9.17) is 4.99 Å². The first-order chi connectivity index (χ1) is 12.3. The van der Waals surface area contributed by atoms with Crippen molar-refractivity contribution in [3.63, 3.8) is 0 Å². The number of rotatable bonds is 5. The summed E-state index contributed by atoms with van der Waals surface area (Å²) in [5, 5.41) is 3.40. The van der Waals surface area contributed by atoms with E-state index < -0.39 is 0 Å². The van der Waals surface area contributed by atoms with Gasteiger partial charge in [-0.2, -0.15) is 0 Å². The number of piperazine rings is 1. The molecule has 0 saturated carbocycles. The number of hydrogen-bond donors (Lipinski definition) is 1. The molecule has 1 N–H and O–H groups in total. The summed E-state index contributed by atoms with van der Waals surface area (Å²) in [7, 11) is 0. The van der Waals surface area contributed by atoms with Crippen LogP contribution in [0.15, 0.2) is 35.8 Å². The van der Waals surface area contributed by atoms with E-state index in [0.29, 0.717) is 0 Å². The molecule has 0 spiro atoms. The van der Waals surface area contributed by atoms with E-state index >= 15 is 0 Å². The normalized spacial score (nSPS) is 15.5. The van der Waals surface area contributed by atoms with Crippen molar-refractivity contribution in [1.29, 1.82) is 0 Å². The smallest absolute Gasteiger partial charge is 0.225 e. The van der Waals surface area contributed by atoms with Crippen molar-refractivity contribution in [1.82, 2.24) is 29.7 Å². The number of hydrogen-bond acceptors (Lipinski definition) is 5. The lowest BCUT2D eigenvalue weighted by Crippen LogP contribution is -2.53. The highest BCUT2D eigenvalue weighted by Gasteiger charge is 2.20. The molecule has 0 unspecified atom stereocenters. The third-order valence-electron chi connectivity index (χ3n) is 4.28. The number of nitrogens with zero attached hydrogens (tertiary/aromatic N) is 7. The van der Waals surface area contributed by atoms with Crippen LogP contribution in [-0.4, -0.2) is 69.6 Å². The lowest BCUT2D eigenvalue weighted by molar-refractivity contribution is 0.370. The van der Waals surface area contributed by atoms with E-state index in [-0.39, 0.29) is 0 Å². The summed E-state index contributed by atoms with van der Waals surface area (Å²) in [5.41, 5.74) is 0. The van der Waals surface area contributed by atoms with Crippen LogP contribution >= 0.6 is 0 Å². The Kier molecular flexibility index (Phi) is 5.81. The molecule has 134 valence electrons. The first-order valence-electron chi connectivity index (χ1n) is 8.81. The Morgan fingerprint density at radius 2 is 1.88 bits per heavy atom.